The summed E-state index contributed by atoms with van der Waals surface area (Å²) in [6.45, 7) is 7.57. The van der Waals surface area contributed by atoms with Crippen LogP contribution in [0.15, 0.2) is 23.0 Å². The number of hydrogen-bond acceptors (Lipinski definition) is 10. The van der Waals surface area contributed by atoms with Gasteiger partial charge in [-0.15, -0.1) is 0 Å². The lowest BCUT2D eigenvalue weighted by molar-refractivity contribution is 0.163. The van der Waals surface area contributed by atoms with Crippen molar-refractivity contribution in [2.45, 2.75) is 45.6 Å². The van der Waals surface area contributed by atoms with Crippen LogP contribution in [-0.4, -0.2) is 61.2 Å². The first-order valence-corrected chi connectivity index (χ1v) is 11.4. The maximum absolute atomic E-state index is 6.35. The standard InChI is InChI=1S/C23H28N8O3/c1-13(2)21-27-23(34-29-21)31-10-8-15(9-11-31)33-22-20-19(24-12-25-22)18(28-30(20)4)16-6-7-17(32-5)26-14(16)3/h6-7,12-13,15H,8-11H2,1-5H3. The van der Waals surface area contributed by atoms with E-state index in [2.05, 4.69) is 30.0 Å². The Morgan fingerprint density at radius 3 is 2.59 bits per heavy atom. The zero-order chi connectivity index (χ0) is 23.8. The van der Waals surface area contributed by atoms with Crippen LogP contribution < -0.4 is 14.4 Å². The largest absolute Gasteiger partial charge is 0.481 e. The Kier molecular flexibility index (Phi) is 5.76. The molecule has 5 rings (SSSR count). The first kappa shape index (κ1) is 22.1. The van der Waals surface area contributed by atoms with Crippen LogP contribution in [0.25, 0.3) is 22.3 Å². The molecule has 4 aromatic rings. The van der Waals surface area contributed by atoms with Crippen molar-refractivity contribution in [1.82, 2.24) is 34.9 Å². The average Bonchev–Trinajstić information content (AvgIpc) is 3.46. The van der Waals surface area contributed by atoms with E-state index in [9.17, 15) is 0 Å². The van der Waals surface area contributed by atoms with E-state index in [1.165, 1.54) is 6.33 Å². The minimum absolute atomic E-state index is 0.0181. The summed E-state index contributed by atoms with van der Waals surface area (Å²) in [7, 11) is 3.47. The van der Waals surface area contributed by atoms with E-state index in [0.717, 1.165) is 59.7 Å². The van der Waals surface area contributed by atoms with Crippen LogP contribution in [0.1, 0.15) is 44.1 Å². The van der Waals surface area contributed by atoms with Crippen molar-refractivity contribution in [3.63, 3.8) is 0 Å². The van der Waals surface area contributed by atoms with Gasteiger partial charge in [0.25, 0.3) is 0 Å². The molecule has 0 atom stereocenters. The van der Waals surface area contributed by atoms with Crippen molar-refractivity contribution < 1.29 is 14.0 Å². The quantitative estimate of drug-likeness (QED) is 0.421. The maximum atomic E-state index is 6.35. The molecule has 0 unspecified atom stereocenters. The van der Waals surface area contributed by atoms with Crippen molar-refractivity contribution in [3.05, 3.63) is 30.0 Å². The highest BCUT2D eigenvalue weighted by molar-refractivity contribution is 5.93. The van der Waals surface area contributed by atoms with Gasteiger partial charge in [0.15, 0.2) is 5.82 Å². The molecule has 0 bridgehead atoms. The molecular weight excluding hydrogens is 436 g/mol. The Bertz CT molecular complexity index is 1310. The summed E-state index contributed by atoms with van der Waals surface area (Å²) >= 11 is 0. The van der Waals surface area contributed by atoms with Gasteiger partial charge in [-0.05, 0) is 13.0 Å². The first-order chi connectivity index (χ1) is 16.4. The molecule has 34 heavy (non-hydrogen) atoms. The van der Waals surface area contributed by atoms with Gasteiger partial charge in [-0.3, -0.25) is 4.68 Å². The fraction of sp³-hybridized carbons (Fsp3) is 0.478. The average molecular weight is 465 g/mol. The Morgan fingerprint density at radius 2 is 1.91 bits per heavy atom. The van der Waals surface area contributed by atoms with E-state index in [-0.39, 0.29) is 12.0 Å². The Labute approximate surface area is 197 Å². The summed E-state index contributed by atoms with van der Waals surface area (Å²) in [5, 5.41) is 8.78. The third-order valence-electron chi connectivity index (χ3n) is 6.05. The molecule has 1 fully saturated rings. The monoisotopic (exact) mass is 464 g/mol. The summed E-state index contributed by atoms with van der Waals surface area (Å²) in [5.41, 5.74) is 3.93. The summed E-state index contributed by atoms with van der Waals surface area (Å²) in [6.07, 6.45) is 3.18. The van der Waals surface area contributed by atoms with Crippen LogP contribution in [0, 0.1) is 6.92 Å². The lowest BCUT2D eigenvalue weighted by atomic mass is 10.1. The van der Waals surface area contributed by atoms with Crippen LogP contribution in [0.2, 0.25) is 0 Å². The molecule has 0 N–H and O–H groups in total. The van der Waals surface area contributed by atoms with Gasteiger partial charge in [-0.2, -0.15) is 15.1 Å². The highest BCUT2D eigenvalue weighted by atomic mass is 16.5. The van der Waals surface area contributed by atoms with Crippen molar-refractivity contribution in [2.24, 2.45) is 7.05 Å². The molecule has 0 saturated carbocycles. The van der Waals surface area contributed by atoms with Crippen LogP contribution in [-0.2, 0) is 7.05 Å². The van der Waals surface area contributed by atoms with Gasteiger partial charge in [0.1, 0.15) is 29.2 Å². The number of piperidine rings is 1. The fourth-order valence-electron chi connectivity index (χ4n) is 4.16. The Morgan fingerprint density at radius 1 is 1.12 bits per heavy atom. The van der Waals surface area contributed by atoms with Gasteiger partial charge in [-0.25, -0.2) is 9.97 Å². The van der Waals surface area contributed by atoms with Gasteiger partial charge >= 0.3 is 6.01 Å². The SMILES string of the molecule is COc1ccc(-c2nn(C)c3c(OC4CCN(c5nc(C(C)C)no5)CC4)ncnc23)c(C)n1. The third kappa shape index (κ3) is 4.02. The molecular formula is C23H28N8O3. The van der Waals surface area contributed by atoms with Crippen molar-refractivity contribution in [1.29, 1.82) is 0 Å². The topological polar surface area (TPSA) is 117 Å². The maximum Gasteiger partial charge on any atom is 0.324 e. The molecule has 1 aliphatic heterocycles. The van der Waals surface area contributed by atoms with Gasteiger partial charge < -0.3 is 18.9 Å². The van der Waals surface area contributed by atoms with Crippen LogP contribution >= 0.6 is 0 Å². The molecule has 1 aliphatic rings. The number of pyridine rings is 1. The fourth-order valence-corrected chi connectivity index (χ4v) is 4.16. The molecule has 0 aromatic carbocycles. The Balaban J connectivity index is 1.35. The van der Waals surface area contributed by atoms with Crippen molar-refractivity contribution in [2.75, 3.05) is 25.1 Å². The number of aromatic nitrogens is 7. The lowest BCUT2D eigenvalue weighted by Gasteiger charge is -2.30. The number of rotatable bonds is 6. The summed E-state index contributed by atoms with van der Waals surface area (Å²) in [4.78, 5) is 20.0. The van der Waals surface area contributed by atoms with E-state index in [0.29, 0.717) is 17.8 Å². The molecule has 11 heteroatoms. The van der Waals surface area contributed by atoms with Crippen molar-refractivity contribution in [3.8, 4) is 23.0 Å². The number of nitrogens with zero attached hydrogens (tertiary/aromatic N) is 8. The molecule has 4 aromatic heterocycles. The number of hydrogen-bond donors (Lipinski definition) is 0. The van der Waals surface area contributed by atoms with Crippen LogP contribution in [0.5, 0.6) is 11.8 Å². The molecule has 178 valence electrons. The smallest absolute Gasteiger partial charge is 0.324 e. The highest BCUT2D eigenvalue weighted by Crippen LogP contribution is 2.33. The molecule has 0 radical (unpaired) electrons. The van der Waals surface area contributed by atoms with E-state index < -0.39 is 0 Å². The van der Waals surface area contributed by atoms with E-state index in [1.54, 1.807) is 11.8 Å². The number of anilines is 1. The first-order valence-electron chi connectivity index (χ1n) is 11.4. The van der Waals surface area contributed by atoms with E-state index >= 15 is 0 Å². The normalized spacial score (nSPS) is 14.8. The minimum Gasteiger partial charge on any atom is -0.481 e. The molecule has 0 spiro atoms. The zero-order valence-electron chi connectivity index (χ0n) is 20.0. The number of aryl methyl sites for hydroxylation is 2. The summed E-state index contributed by atoms with van der Waals surface area (Å²) < 4.78 is 18.8. The number of fused-ring (bicyclic) bond motifs is 1. The molecule has 0 amide bonds. The highest BCUT2D eigenvalue weighted by Gasteiger charge is 2.27. The minimum atomic E-state index is 0.0181. The van der Waals surface area contributed by atoms with E-state index in [1.807, 2.05) is 40.0 Å². The van der Waals surface area contributed by atoms with Gasteiger partial charge in [0.2, 0.25) is 11.8 Å². The second-order valence-corrected chi connectivity index (χ2v) is 8.73. The van der Waals surface area contributed by atoms with Crippen LogP contribution in [0.4, 0.5) is 6.01 Å². The number of ether oxygens (including phenoxy) is 2. The Hall–Kier alpha value is -3.76. The van der Waals surface area contributed by atoms with Crippen molar-refractivity contribution >= 4 is 17.0 Å². The second-order valence-electron chi connectivity index (χ2n) is 8.73. The summed E-state index contributed by atoms with van der Waals surface area (Å²) in [5.74, 6) is 2.06. The summed E-state index contributed by atoms with van der Waals surface area (Å²) in [6, 6.07) is 4.35. The molecule has 1 saturated heterocycles. The zero-order valence-corrected chi connectivity index (χ0v) is 20.0. The lowest BCUT2D eigenvalue weighted by Crippen LogP contribution is -2.38. The third-order valence-corrected chi connectivity index (χ3v) is 6.05. The predicted molar refractivity (Wildman–Crippen MR) is 125 cm³/mol. The van der Waals surface area contributed by atoms with Gasteiger partial charge in [-0.1, -0.05) is 19.0 Å². The van der Waals surface area contributed by atoms with E-state index in [4.69, 9.17) is 19.1 Å². The number of methoxy groups -OCH3 is 1. The predicted octanol–water partition coefficient (Wildman–Crippen LogP) is 3.30. The van der Waals surface area contributed by atoms with Crippen LogP contribution in [0.3, 0.4) is 0 Å². The van der Waals surface area contributed by atoms with Gasteiger partial charge in [0, 0.05) is 50.5 Å². The molecule has 11 nitrogen and oxygen atoms in total. The van der Waals surface area contributed by atoms with Gasteiger partial charge in [0.05, 0.1) is 12.8 Å². The molecule has 5 heterocycles. The second kappa shape index (κ2) is 8.88. The molecule has 0 aliphatic carbocycles.